The lowest BCUT2D eigenvalue weighted by atomic mass is 10.0. The Morgan fingerprint density at radius 1 is 1.50 bits per heavy atom. The van der Waals surface area contributed by atoms with Crippen molar-refractivity contribution < 1.29 is 4.79 Å². The van der Waals surface area contributed by atoms with Gasteiger partial charge in [0, 0.05) is 37.1 Å². The van der Waals surface area contributed by atoms with Crippen LogP contribution in [0.3, 0.4) is 0 Å². The molecule has 0 spiro atoms. The number of benzene rings is 1. The fourth-order valence-electron chi connectivity index (χ4n) is 2.11. The highest BCUT2D eigenvalue weighted by Gasteiger charge is 2.06. The molecule has 3 N–H and O–H groups in total. The fourth-order valence-corrected chi connectivity index (χ4v) is 2.11. The summed E-state index contributed by atoms with van der Waals surface area (Å²) in [5.74, 6) is -0.388. The van der Waals surface area contributed by atoms with Gasteiger partial charge in [-0.15, -0.1) is 0 Å². The summed E-state index contributed by atoms with van der Waals surface area (Å²) < 4.78 is 2.04. The van der Waals surface area contributed by atoms with Crippen LogP contribution in [0.4, 0.5) is 0 Å². The maximum atomic E-state index is 11.1. The molecule has 5 heteroatoms. The molecule has 20 heavy (non-hydrogen) atoms. The van der Waals surface area contributed by atoms with Crippen molar-refractivity contribution in [3.05, 3.63) is 53.6 Å². The number of rotatable bonds is 6. The van der Waals surface area contributed by atoms with Gasteiger partial charge in [0.2, 0.25) is 5.91 Å². The molecule has 0 aliphatic heterocycles. The smallest absolute Gasteiger partial charge is 0.248 e. The topological polar surface area (TPSA) is 72.9 Å². The monoisotopic (exact) mass is 272 g/mol. The number of nitrogens with two attached hydrogens (primary N) is 1. The Labute approximate surface area is 118 Å². The first-order valence-electron chi connectivity index (χ1n) is 6.64. The van der Waals surface area contributed by atoms with Crippen molar-refractivity contribution in [2.24, 2.45) is 5.73 Å². The Morgan fingerprint density at radius 3 is 2.90 bits per heavy atom. The van der Waals surface area contributed by atoms with Gasteiger partial charge in [0.05, 0.1) is 6.33 Å². The van der Waals surface area contributed by atoms with Crippen molar-refractivity contribution in [2.75, 3.05) is 0 Å². The number of carbonyl (C=O) groups is 1. The highest BCUT2D eigenvalue weighted by Crippen LogP contribution is 2.11. The van der Waals surface area contributed by atoms with Crippen molar-refractivity contribution in [1.82, 2.24) is 14.9 Å². The van der Waals surface area contributed by atoms with Gasteiger partial charge in [-0.3, -0.25) is 4.79 Å². The molecule has 1 unspecified atom stereocenters. The molecular formula is C15H20N4O. The van der Waals surface area contributed by atoms with E-state index in [0.717, 1.165) is 18.7 Å². The molecule has 1 aromatic carbocycles. The highest BCUT2D eigenvalue weighted by atomic mass is 16.1. The van der Waals surface area contributed by atoms with Gasteiger partial charge in [0.1, 0.15) is 0 Å². The van der Waals surface area contributed by atoms with Crippen LogP contribution < -0.4 is 11.1 Å². The standard InChI is InChI=1S/C15H20N4O/c1-11-7-13(15(16)20)3-4-14(11)8-18-12(2)9-19-6-5-17-10-19/h3-7,10,12,18H,8-9H2,1-2H3,(H2,16,20). The average Bonchev–Trinajstić information content (AvgIpc) is 2.90. The summed E-state index contributed by atoms with van der Waals surface area (Å²) in [5.41, 5.74) is 8.07. The lowest BCUT2D eigenvalue weighted by Crippen LogP contribution is -2.29. The van der Waals surface area contributed by atoms with Crippen molar-refractivity contribution in [3.63, 3.8) is 0 Å². The largest absolute Gasteiger partial charge is 0.366 e. The van der Waals surface area contributed by atoms with Gasteiger partial charge in [-0.2, -0.15) is 0 Å². The lowest BCUT2D eigenvalue weighted by Gasteiger charge is -2.15. The summed E-state index contributed by atoms with van der Waals surface area (Å²) in [6.07, 6.45) is 5.54. The molecule has 106 valence electrons. The van der Waals surface area contributed by atoms with Crippen LogP contribution in [0.15, 0.2) is 36.9 Å². The van der Waals surface area contributed by atoms with Crippen molar-refractivity contribution in [2.45, 2.75) is 33.0 Å². The zero-order valence-corrected chi connectivity index (χ0v) is 11.8. The summed E-state index contributed by atoms with van der Waals surface area (Å²) in [5, 5.41) is 3.46. The molecule has 0 radical (unpaired) electrons. The Bertz CT molecular complexity index is 578. The third kappa shape index (κ3) is 3.68. The number of imidazole rings is 1. The van der Waals surface area contributed by atoms with E-state index in [9.17, 15) is 4.79 Å². The van der Waals surface area contributed by atoms with E-state index in [0.29, 0.717) is 11.6 Å². The van der Waals surface area contributed by atoms with E-state index >= 15 is 0 Å². The first kappa shape index (κ1) is 14.3. The van der Waals surface area contributed by atoms with E-state index < -0.39 is 0 Å². The van der Waals surface area contributed by atoms with Gasteiger partial charge in [-0.05, 0) is 37.1 Å². The minimum absolute atomic E-state index is 0.333. The Morgan fingerprint density at radius 2 is 2.30 bits per heavy atom. The summed E-state index contributed by atoms with van der Waals surface area (Å²) in [6.45, 7) is 5.76. The minimum atomic E-state index is -0.388. The minimum Gasteiger partial charge on any atom is -0.366 e. The quantitative estimate of drug-likeness (QED) is 0.836. The first-order chi connectivity index (χ1) is 9.56. The molecule has 0 fully saturated rings. The summed E-state index contributed by atoms with van der Waals surface area (Å²) in [4.78, 5) is 15.1. The van der Waals surface area contributed by atoms with E-state index in [-0.39, 0.29) is 5.91 Å². The van der Waals surface area contributed by atoms with Gasteiger partial charge in [-0.25, -0.2) is 4.98 Å². The number of amides is 1. The molecule has 0 saturated carbocycles. The van der Waals surface area contributed by atoms with Gasteiger partial charge < -0.3 is 15.6 Å². The summed E-state index contributed by atoms with van der Waals surface area (Å²) >= 11 is 0. The first-order valence-corrected chi connectivity index (χ1v) is 6.64. The van der Waals surface area contributed by atoms with Gasteiger partial charge >= 0.3 is 0 Å². The van der Waals surface area contributed by atoms with Crippen LogP contribution in [-0.4, -0.2) is 21.5 Å². The predicted octanol–water partition coefficient (Wildman–Crippen LogP) is 1.47. The maximum absolute atomic E-state index is 11.1. The predicted molar refractivity (Wildman–Crippen MR) is 78.2 cm³/mol. The highest BCUT2D eigenvalue weighted by molar-refractivity contribution is 5.93. The summed E-state index contributed by atoms with van der Waals surface area (Å²) in [7, 11) is 0. The van der Waals surface area contributed by atoms with Crippen LogP contribution in [0, 0.1) is 6.92 Å². The number of primary amides is 1. The molecule has 0 aliphatic rings. The molecule has 2 aromatic rings. The number of hydrogen-bond donors (Lipinski definition) is 2. The average molecular weight is 272 g/mol. The van der Waals surface area contributed by atoms with Gasteiger partial charge in [0.15, 0.2) is 0 Å². The van der Waals surface area contributed by atoms with Crippen LogP contribution in [-0.2, 0) is 13.1 Å². The number of nitrogens with one attached hydrogen (secondary N) is 1. The number of hydrogen-bond acceptors (Lipinski definition) is 3. The fraction of sp³-hybridized carbons (Fsp3) is 0.333. The number of aryl methyl sites for hydroxylation is 1. The Hall–Kier alpha value is -2.14. The molecule has 1 heterocycles. The third-order valence-electron chi connectivity index (χ3n) is 3.31. The molecule has 5 nitrogen and oxygen atoms in total. The van der Waals surface area contributed by atoms with E-state index in [4.69, 9.17) is 5.73 Å². The molecule has 1 atom stereocenters. The van der Waals surface area contributed by atoms with Crippen LogP contribution in [0.25, 0.3) is 0 Å². The van der Waals surface area contributed by atoms with E-state index in [1.54, 1.807) is 12.3 Å². The molecule has 1 amide bonds. The molecule has 0 bridgehead atoms. The van der Waals surface area contributed by atoms with Crippen LogP contribution in [0.1, 0.15) is 28.4 Å². The molecule has 0 aliphatic carbocycles. The Balaban J connectivity index is 1.92. The van der Waals surface area contributed by atoms with Crippen LogP contribution in [0.5, 0.6) is 0 Å². The second kappa shape index (κ2) is 6.34. The number of aromatic nitrogens is 2. The zero-order chi connectivity index (χ0) is 14.5. The Kier molecular flexibility index (Phi) is 4.53. The van der Waals surface area contributed by atoms with Crippen LogP contribution in [0.2, 0.25) is 0 Å². The maximum Gasteiger partial charge on any atom is 0.248 e. The normalized spacial score (nSPS) is 12.3. The third-order valence-corrected chi connectivity index (χ3v) is 3.31. The molecule has 0 saturated heterocycles. The molecule has 1 aromatic heterocycles. The van der Waals surface area contributed by atoms with E-state index in [2.05, 4.69) is 17.2 Å². The van der Waals surface area contributed by atoms with E-state index in [1.165, 1.54) is 5.56 Å². The lowest BCUT2D eigenvalue weighted by molar-refractivity contribution is 0.1000. The van der Waals surface area contributed by atoms with Gasteiger partial charge in [-0.1, -0.05) is 6.07 Å². The van der Waals surface area contributed by atoms with Crippen LogP contribution >= 0.6 is 0 Å². The van der Waals surface area contributed by atoms with E-state index in [1.807, 2.05) is 36.1 Å². The summed E-state index contributed by atoms with van der Waals surface area (Å²) in [6, 6.07) is 5.89. The number of nitrogens with zero attached hydrogens (tertiary/aromatic N) is 2. The van der Waals surface area contributed by atoms with Gasteiger partial charge in [0.25, 0.3) is 0 Å². The molecular weight excluding hydrogens is 252 g/mol. The van der Waals surface area contributed by atoms with Crippen molar-refractivity contribution in [1.29, 1.82) is 0 Å². The van der Waals surface area contributed by atoms with Crippen molar-refractivity contribution in [3.8, 4) is 0 Å². The van der Waals surface area contributed by atoms with Crippen molar-refractivity contribution >= 4 is 5.91 Å². The second-order valence-electron chi connectivity index (χ2n) is 5.05. The molecule has 2 rings (SSSR count). The second-order valence-corrected chi connectivity index (χ2v) is 5.05. The number of carbonyl (C=O) groups excluding carboxylic acids is 1. The SMILES string of the molecule is Cc1cc(C(N)=O)ccc1CNC(C)Cn1ccnc1. The zero-order valence-electron chi connectivity index (χ0n) is 11.8.